The van der Waals surface area contributed by atoms with Gasteiger partial charge in [-0.25, -0.2) is 4.98 Å². The van der Waals surface area contributed by atoms with E-state index < -0.39 is 0 Å². The van der Waals surface area contributed by atoms with Gasteiger partial charge in [0.05, 0.1) is 12.6 Å². The van der Waals surface area contributed by atoms with Crippen molar-refractivity contribution in [3.63, 3.8) is 0 Å². The third-order valence-corrected chi connectivity index (χ3v) is 2.17. The summed E-state index contributed by atoms with van der Waals surface area (Å²) < 4.78 is 6.91. The summed E-state index contributed by atoms with van der Waals surface area (Å²) in [5, 5.41) is 2.84. The van der Waals surface area contributed by atoms with Gasteiger partial charge in [-0.2, -0.15) is 0 Å². The maximum absolute atomic E-state index is 11.6. The molecule has 0 saturated carbocycles. The minimum Gasteiger partial charge on any atom is -0.459 e. The van der Waals surface area contributed by atoms with Gasteiger partial charge in [0.25, 0.3) is 5.91 Å². The van der Waals surface area contributed by atoms with E-state index in [4.69, 9.17) is 4.42 Å². The van der Waals surface area contributed by atoms with E-state index >= 15 is 0 Å². The number of aromatic nitrogens is 2. The SMILES string of the molecule is C[C@H](Cn1ccnc1)NC(=O)c1ccco1. The molecule has 0 unspecified atom stereocenters. The third-order valence-electron chi connectivity index (χ3n) is 2.17. The fourth-order valence-electron chi connectivity index (χ4n) is 1.46. The zero-order valence-electron chi connectivity index (χ0n) is 8.96. The Morgan fingerprint density at radius 2 is 2.56 bits per heavy atom. The first-order valence-electron chi connectivity index (χ1n) is 5.06. The van der Waals surface area contributed by atoms with E-state index in [2.05, 4.69) is 10.3 Å². The summed E-state index contributed by atoms with van der Waals surface area (Å²) in [5.41, 5.74) is 0. The molecule has 2 rings (SSSR count). The first kappa shape index (κ1) is 10.5. The average molecular weight is 219 g/mol. The summed E-state index contributed by atoms with van der Waals surface area (Å²) in [5.74, 6) is 0.134. The number of amides is 1. The van der Waals surface area contributed by atoms with Gasteiger partial charge in [0.1, 0.15) is 0 Å². The largest absolute Gasteiger partial charge is 0.459 e. The monoisotopic (exact) mass is 219 g/mol. The van der Waals surface area contributed by atoms with Crippen LogP contribution in [0.5, 0.6) is 0 Å². The molecule has 0 aliphatic rings. The molecule has 1 atom stereocenters. The molecule has 0 radical (unpaired) electrons. The highest BCUT2D eigenvalue weighted by Gasteiger charge is 2.11. The molecule has 2 aromatic rings. The Balaban J connectivity index is 1.88. The topological polar surface area (TPSA) is 60.1 Å². The summed E-state index contributed by atoms with van der Waals surface area (Å²) in [4.78, 5) is 15.6. The smallest absolute Gasteiger partial charge is 0.287 e. The van der Waals surface area contributed by atoms with Crippen LogP contribution in [0.3, 0.4) is 0 Å². The fraction of sp³-hybridized carbons (Fsp3) is 0.273. The van der Waals surface area contributed by atoms with Crippen molar-refractivity contribution in [1.29, 1.82) is 0 Å². The van der Waals surface area contributed by atoms with Crippen LogP contribution in [-0.2, 0) is 6.54 Å². The molecule has 0 spiro atoms. The Morgan fingerprint density at radius 1 is 1.69 bits per heavy atom. The second-order valence-electron chi connectivity index (χ2n) is 3.61. The van der Waals surface area contributed by atoms with Gasteiger partial charge in [0.2, 0.25) is 0 Å². The van der Waals surface area contributed by atoms with Crippen LogP contribution in [0.25, 0.3) is 0 Å². The van der Waals surface area contributed by atoms with E-state index in [9.17, 15) is 4.79 Å². The second kappa shape index (κ2) is 4.65. The lowest BCUT2D eigenvalue weighted by molar-refractivity contribution is 0.0908. The molecule has 2 heterocycles. The molecular weight excluding hydrogens is 206 g/mol. The molecule has 2 aromatic heterocycles. The number of nitrogens with one attached hydrogen (secondary N) is 1. The molecule has 84 valence electrons. The van der Waals surface area contributed by atoms with Crippen molar-refractivity contribution in [3.8, 4) is 0 Å². The van der Waals surface area contributed by atoms with Crippen LogP contribution in [0.2, 0.25) is 0 Å². The predicted octanol–water partition coefficient (Wildman–Crippen LogP) is 1.29. The van der Waals surface area contributed by atoms with Crippen LogP contribution < -0.4 is 5.32 Å². The van der Waals surface area contributed by atoms with Crippen molar-refractivity contribution < 1.29 is 9.21 Å². The Hall–Kier alpha value is -2.04. The number of furan rings is 1. The van der Waals surface area contributed by atoms with Gasteiger partial charge in [-0.3, -0.25) is 4.79 Å². The normalized spacial score (nSPS) is 12.3. The number of hydrogen-bond acceptors (Lipinski definition) is 3. The minimum atomic E-state index is -0.197. The molecule has 0 aromatic carbocycles. The number of imidazole rings is 1. The van der Waals surface area contributed by atoms with E-state index in [-0.39, 0.29) is 11.9 Å². The van der Waals surface area contributed by atoms with Gasteiger partial charge in [0.15, 0.2) is 5.76 Å². The Morgan fingerprint density at radius 3 is 3.19 bits per heavy atom. The molecule has 0 fully saturated rings. The van der Waals surface area contributed by atoms with Gasteiger partial charge in [-0.1, -0.05) is 0 Å². The van der Waals surface area contributed by atoms with E-state index in [1.807, 2.05) is 17.7 Å². The van der Waals surface area contributed by atoms with Gasteiger partial charge in [-0.15, -0.1) is 0 Å². The van der Waals surface area contributed by atoms with Crippen molar-refractivity contribution >= 4 is 5.91 Å². The first-order chi connectivity index (χ1) is 7.75. The molecule has 0 aliphatic heterocycles. The quantitative estimate of drug-likeness (QED) is 0.843. The molecule has 1 N–H and O–H groups in total. The number of nitrogens with zero attached hydrogens (tertiary/aromatic N) is 2. The Labute approximate surface area is 93.1 Å². The first-order valence-corrected chi connectivity index (χ1v) is 5.06. The number of rotatable bonds is 4. The lowest BCUT2D eigenvalue weighted by atomic mass is 10.3. The predicted molar refractivity (Wildman–Crippen MR) is 57.9 cm³/mol. The van der Waals surface area contributed by atoms with Crippen LogP contribution in [-0.4, -0.2) is 21.5 Å². The minimum absolute atomic E-state index is 0.0202. The van der Waals surface area contributed by atoms with Crippen LogP contribution in [0.15, 0.2) is 41.5 Å². The summed E-state index contributed by atoms with van der Waals surface area (Å²) in [6, 6.07) is 3.35. The summed E-state index contributed by atoms with van der Waals surface area (Å²) in [6.07, 6.45) is 6.77. The van der Waals surface area contributed by atoms with Crippen LogP contribution in [0.1, 0.15) is 17.5 Å². The van der Waals surface area contributed by atoms with Crippen LogP contribution in [0.4, 0.5) is 0 Å². The zero-order chi connectivity index (χ0) is 11.4. The molecule has 5 heteroatoms. The van der Waals surface area contributed by atoms with Crippen molar-refractivity contribution in [3.05, 3.63) is 42.9 Å². The highest BCUT2D eigenvalue weighted by atomic mass is 16.3. The molecule has 0 aliphatic carbocycles. The van der Waals surface area contributed by atoms with Crippen LogP contribution in [0, 0.1) is 0 Å². The standard InChI is InChI=1S/C11H13N3O2/c1-9(7-14-5-4-12-8-14)13-11(15)10-3-2-6-16-10/h2-6,8-9H,7H2,1H3,(H,13,15)/t9-/m1/s1. The van der Waals surface area contributed by atoms with E-state index in [1.54, 1.807) is 24.7 Å². The maximum Gasteiger partial charge on any atom is 0.287 e. The molecule has 16 heavy (non-hydrogen) atoms. The number of hydrogen-bond donors (Lipinski definition) is 1. The van der Waals surface area contributed by atoms with Gasteiger partial charge in [0, 0.05) is 25.0 Å². The Kier molecular flexibility index (Phi) is 3.05. The summed E-state index contributed by atoms with van der Waals surface area (Å²) in [6.45, 7) is 2.62. The summed E-state index contributed by atoms with van der Waals surface area (Å²) >= 11 is 0. The number of carbonyl (C=O) groups is 1. The highest BCUT2D eigenvalue weighted by Crippen LogP contribution is 2.00. The average Bonchev–Trinajstić information content (AvgIpc) is 2.88. The lowest BCUT2D eigenvalue weighted by Crippen LogP contribution is -2.35. The van der Waals surface area contributed by atoms with Gasteiger partial charge < -0.3 is 14.3 Å². The highest BCUT2D eigenvalue weighted by molar-refractivity contribution is 5.91. The number of carbonyl (C=O) groups excluding carboxylic acids is 1. The lowest BCUT2D eigenvalue weighted by Gasteiger charge is -2.13. The maximum atomic E-state index is 11.6. The van der Waals surface area contributed by atoms with Crippen molar-refractivity contribution in [2.75, 3.05) is 0 Å². The zero-order valence-corrected chi connectivity index (χ0v) is 8.96. The molecule has 1 amide bonds. The van der Waals surface area contributed by atoms with Crippen molar-refractivity contribution in [2.45, 2.75) is 19.5 Å². The fourth-order valence-corrected chi connectivity index (χ4v) is 1.46. The second-order valence-corrected chi connectivity index (χ2v) is 3.61. The van der Waals surface area contributed by atoms with Crippen LogP contribution >= 0.6 is 0 Å². The molecule has 0 saturated heterocycles. The molecule has 5 nitrogen and oxygen atoms in total. The van der Waals surface area contributed by atoms with E-state index in [0.29, 0.717) is 12.3 Å². The molecular formula is C11H13N3O2. The van der Waals surface area contributed by atoms with Gasteiger partial charge >= 0.3 is 0 Å². The van der Waals surface area contributed by atoms with Crippen molar-refractivity contribution in [2.24, 2.45) is 0 Å². The third kappa shape index (κ3) is 2.50. The Bertz CT molecular complexity index is 434. The van der Waals surface area contributed by atoms with E-state index in [1.165, 1.54) is 6.26 Å². The van der Waals surface area contributed by atoms with E-state index in [0.717, 1.165) is 0 Å². The van der Waals surface area contributed by atoms with Crippen molar-refractivity contribution in [1.82, 2.24) is 14.9 Å². The van der Waals surface area contributed by atoms with Gasteiger partial charge in [-0.05, 0) is 19.1 Å². The summed E-state index contributed by atoms with van der Waals surface area (Å²) in [7, 11) is 0. The molecule has 0 bridgehead atoms.